The molecular formula is C11H18N6O. The lowest BCUT2D eigenvalue weighted by Crippen LogP contribution is -2.52. The molecule has 7 heteroatoms. The summed E-state index contributed by atoms with van der Waals surface area (Å²) < 4.78 is 0. The minimum Gasteiger partial charge on any atom is -0.308 e. The summed E-state index contributed by atoms with van der Waals surface area (Å²) in [6.45, 7) is 3.56. The van der Waals surface area contributed by atoms with E-state index >= 15 is 0 Å². The normalized spacial score (nSPS) is 17.4. The molecule has 0 saturated carbocycles. The number of hydrogen-bond acceptors (Lipinski definition) is 6. The van der Waals surface area contributed by atoms with Crippen molar-refractivity contribution in [3.05, 3.63) is 23.9 Å². The van der Waals surface area contributed by atoms with Crippen molar-refractivity contribution in [2.45, 2.75) is 0 Å². The van der Waals surface area contributed by atoms with Crippen molar-refractivity contribution in [1.29, 1.82) is 0 Å². The molecule has 0 aliphatic carbocycles. The fraction of sp³-hybridized carbons (Fsp3) is 0.455. The average Bonchev–Trinajstić information content (AvgIpc) is 2.41. The molecule has 1 aliphatic heterocycles. The van der Waals surface area contributed by atoms with Gasteiger partial charge in [0.05, 0.1) is 0 Å². The van der Waals surface area contributed by atoms with Gasteiger partial charge in [-0.05, 0) is 19.2 Å². The maximum Gasteiger partial charge on any atom is 0.265 e. The molecule has 98 valence electrons. The van der Waals surface area contributed by atoms with Gasteiger partial charge in [0, 0.05) is 37.9 Å². The second kappa shape index (κ2) is 5.76. The van der Waals surface area contributed by atoms with E-state index in [1.165, 1.54) is 0 Å². The van der Waals surface area contributed by atoms with E-state index in [0.717, 1.165) is 26.2 Å². The highest BCUT2D eigenvalue weighted by molar-refractivity contribution is 5.94. The van der Waals surface area contributed by atoms with Gasteiger partial charge in [-0.15, -0.1) is 0 Å². The summed E-state index contributed by atoms with van der Waals surface area (Å²) in [5.41, 5.74) is 5.84. The van der Waals surface area contributed by atoms with E-state index in [1.807, 2.05) is 5.01 Å². The molecule has 2 rings (SSSR count). The van der Waals surface area contributed by atoms with Crippen LogP contribution in [0.5, 0.6) is 0 Å². The van der Waals surface area contributed by atoms with Gasteiger partial charge in [-0.2, -0.15) is 0 Å². The number of hydrogen-bond donors (Lipinski definition) is 3. The number of hydrazine groups is 2. The van der Waals surface area contributed by atoms with E-state index in [2.05, 4.69) is 27.8 Å². The molecule has 0 aromatic carbocycles. The Morgan fingerprint density at radius 3 is 2.78 bits per heavy atom. The fourth-order valence-electron chi connectivity index (χ4n) is 1.78. The number of nitrogens with zero attached hydrogens (tertiary/aromatic N) is 3. The van der Waals surface area contributed by atoms with Crippen LogP contribution in [0.3, 0.4) is 0 Å². The van der Waals surface area contributed by atoms with Crippen LogP contribution >= 0.6 is 0 Å². The van der Waals surface area contributed by atoms with Gasteiger partial charge in [-0.1, -0.05) is 0 Å². The van der Waals surface area contributed by atoms with Crippen molar-refractivity contribution in [3.63, 3.8) is 0 Å². The van der Waals surface area contributed by atoms with Crippen LogP contribution in [0.15, 0.2) is 18.3 Å². The first kappa shape index (κ1) is 12.7. The minimum atomic E-state index is -0.140. The van der Waals surface area contributed by atoms with Gasteiger partial charge in [-0.25, -0.2) is 15.8 Å². The summed E-state index contributed by atoms with van der Waals surface area (Å²) in [6.07, 6.45) is 1.55. The lowest BCUT2D eigenvalue weighted by atomic mass is 10.2. The predicted octanol–water partition coefficient (Wildman–Crippen LogP) is -0.741. The molecule has 0 bridgehead atoms. The molecule has 1 amide bonds. The number of rotatable bonds is 3. The summed E-state index contributed by atoms with van der Waals surface area (Å²) in [5, 5.41) is 1.93. The number of aromatic nitrogens is 1. The number of carbonyl (C=O) groups is 1. The standard InChI is InChI=1S/C11H18N6O/c1-16-4-6-17(7-5-16)15-11(18)9-2-3-13-10(8-9)14-12/h2-3,8H,4-7,12H2,1H3,(H,13,14)(H,15,18). The zero-order chi connectivity index (χ0) is 13.0. The van der Waals surface area contributed by atoms with Crippen LogP contribution in [0.4, 0.5) is 5.82 Å². The molecule has 0 spiro atoms. The maximum absolute atomic E-state index is 12.0. The van der Waals surface area contributed by atoms with Crippen LogP contribution in [-0.2, 0) is 0 Å². The number of nitrogen functional groups attached to an aromatic ring is 1. The van der Waals surface area contributed by atoms with E-state index in [0.29, 0.717) is 11.4 Å². The van der Waals surface area contributed by atoms with Crippen molar-refractivity contribution in [2.24, 2.45) is 5.84 Å². The topological polar surface area (TPSA) is 86.5 Å². The van der Waals surface area contributed by atoms with Crippen molar-refractivity contribution in [1.82, 2.24) is 20.3 Å². The molecule has 2 heterocycles. The lowest BCUT2D eigenvalue weighted by molar-refractivity contribution is 0.0662. The highest BCUT2D eigenvalue weighted by Crippen LogP contribution is 2.06. The van der Waals surface area contributed by atoms with Gasteiger partial charge < -0.3 is 10.3 Å². The monoisotopic (exact) mass is 250 g/mol. The van der Waals surface area contributed by atoms with Crippen LogP contribution in [0, 0.1) is 0 Å². The number of anilines is 1. The van der Waals surface area contributed by atoms with Crippen LogP contribution in [-0.4, -0.2) is 54.0 Å². The highest BCUT2D eigenvalue weighted by Gasteiger charge is 2.16. The highest BCUT2D eigenvalue weighted by atomic mass is 16.2. The number of piperazine rings is 1. The Kier molecular flexibility index (Phi) is 4.08. The third kappa shape index (κ3) is 3.16. The third-order valence-electron chi connectivity index (χ3n) is 2.93. The van der Waals surface area contributed by atoms with E-state index in [4.69, 9.17) is 5.84 Å². The van der Waals surface area contributed by atoms with Gasteiger partial charge in [0.25, 0.3) is 5.91 Å². The van der Waals surface area contributed by atoms with Crippen molar-refractivity contribution >= 4 is 11.7 Å². The van der Waals surface area contributed by atoms with Gasteiger partial charge >= 0.3 is 0 Å². The predicted molar refractivity (Wildman–Crippen MR) is 68.6 cm³/mol. The number of nitrogens with one attached hydrogen (secondary N) is 2. The molecule has 1 aliphatic rings. The van der Waals surface area contributed by atoms with Gasteiger partial charge in [-0.3, -0.25) is 10.2 Å². The summed E-state index contributed by atoms with van der Waals surface area (Å²) >= 11 is 0. The van der Waals surface area contributed by atoms with E-state index in [1.54, 1.807) is 18.3 Å². The number of pyridine rings is 1. The van der Waals surface area contributed by atoms with Gasteiger partial charge in [0.15, 0.2) is 0 Å². The Morgan fingerprint density at radius 2 is 2.11 bits per heavy atom. The zero-order valence-electron chi connectivity index (χ0n) is 10.4. The molecule has 7 nitrogen and oxygen atoms in total. The average molecular weight is 250 g/mol. The molecule has 4 N–H and O–H groups in total. The Morgan fingerprint density at radius 1 is 1.39 bits per heavy atom. The maximum atomic E-state index is 12.0. The van der Waals surface area contributed by atoms with Crippen molar-refractivity contribution in [3.8, 4) is 0 Å². The van der Waals surface area contributed by atoms with E-state index < -0.39 is 0 Å². The minimum absolute atomic E-state index is 0.140. The van der Waals surface area contributed by atoms with Crippen LogP contribution in [0.25, 0.3) is 0 Å². The van der Waals surface area contributed by atoms with Gasteiger partial charge in [0.2, 0.25) is 0 Å². The Hall–Kier alpha value is -1.70. The SMILES string of the molecule is CN1CCN(NC(=O)c2ccnc(NN)c2)CC1. The van der Waals surface area contributed by atoms with Gasteiger partial charge in [0.1, 0.15) is 5.82 Å². The second-order valence-corrected chi connectivity index (χ2v) is 4.31. The van der Waals surface area contributed by atoms with Crippen molar-refractivity contribution < 1.29 is 4.79 Å². The van der Waals surface area contributed by atoms with E-state index in [-0.39, 0.29) is 5.91 Å². The Labute approximate surface area is 106 Å². The quantitative estimate of drug-likeness (QED) is 0.484. The van der Waals surface area contributed by atoms with Crippen LogP contribution in [0.1, 0.15) is 10.4 Å². The molecule has 18 heavy (non-hydrogen) atoms. The second-order valence-electron chi connectivity index (χ2n) is 4.31. The van der Waals surface area contributed by atoms with Crippen LogP contribution < -0.4 is 16.7 Å². The summed E-state index contributed by atoms with van der Waals surface area (Å²) in [5.74, 6) is 5.59. The fourth-order valence-corrected chi connectivity index (χ4v) is 1.78. The molecule has 1 aromatic heterocycles. The number of amides is 1. The van der Waals surface area contributed by atoms with Crippen molar-refractivity contribution in [2.75, 3.05) is 38.7 Å². The molecule has 1 fully saturated rings. The number of likely N-dealkylation sites (N-methyl/N-ethyl adjacent to an activating group) is 1. The molecule has 1 saturated heterocycles. The summed E-state index contributed by atoms with van der Waals surface area (Å²) in [4.78, 5) is 18.2. The lowest BCUT2D eigenvalue weighted by Gasteiger charge is -2.32. The Balaban J connectivity index is 1.94. The number of nitrogens with two attached hydrogens (primary N) is 1. The molecule has 0 radical (unpaired) electrons. The molecule has 0 atom stereocenters. The Bertz CT molecular complexity index is 416. The molecular weight excluding hydrogens is 232 g/mol. The largest absolute Gasteiger partial charge is 0.308 e. The van der Waals surface area contributed by atoms with E-state index in [9.17, 15) is 4.79 Å². The molecule has 1 aromatic rings. The zero-order valence-corrected chi connectivity index (χ0v) is 10.4. The smallest absolute Gasteiger partial charge is 0.265 e. The first-order valence-electron chi connectivity index (χ1n) is 5.86. The number of carbonyl (C=O) groups excluding carboxylic acids is 1. The summed E-state index contributed by atoms with van der Waals surface area (Å²) in [6, 6.07) is 3.28. The first-order chi connectivity index (χ1) is 8.69. The third-order valence-corrected chi connectivity index (χ3v) is 2.93. The molecule has 0 unspecified atom stereocenters. The van der Waals surface area contributed by atoms with Crippen LogP contribution in [0.2, 0.25) is 0 Å². The summed E-state index contributed by atoms with van der Waals surface area (Å²) in [7, 11) is 2.07. The first-order valence-corrected chi connectivity index (χ1v) is 5.86.